The van der Waals surface area contributed by atoms with Crippen molar-refractivity contribution in [3.05, 3.63) is 0 Å². The van der Waals surface area contributed by atoms with E-state index in [2.05, 4.69) is 4.74 Å². The summed E-state index contributed by atoms with van der Waals surface area (Å²) in [6.07, 6.45) is 0.0188. The molecule has 0 saturated heterocycles. The quantitative estimate of drug-likeness (QED) is 0.174. The van der Waals surface area contributed by atoms with E-state index < -0.39 is 6.41 Å². The molecule has 0 radical (unpaired) electrons. The van der Waals surface area contributed by atoms with E-state index >= 15 is 0 Å². The number of ether oxygens (including phenoxy) is 1. The van der Waals surface area contributed by atoms with Crippen molar-refractivity contribution in [3.63, 3.8) is 0 Å². The van der Waals surface area contributed by atoms with E-state index in [0.717, 1.165) is 0 Å². The second kappa shape index (κ2) is 7.21. The van der Waals surface area contributed by atoms with Crippen LogP contribution in [0.3, 0.4) is 0 Å². The smallest absolute Gasteiger partial charge is 0.814 e. The zero-order valence-corrected chi connectivity index (χ0v) is 6.84. The number of nitrogens with one attached hydrogen (secondary N) is 1. The molecule has 1 N–H and O–H groups in total. The van der Waals surface area contributed by atoms with E-state index in [1.54, 1.807) is 0 Å². The third-order valence-electron chi connectivity index (χ3n) is 0.396. The molecule has 8 heavy (non-hydrogen) atoms. The maximum absolute atomic E-state index is 9.94. The van der Waals surface area contributed by atoms with Gasteiger partial charge in [-0.05, 0) is 0 Å². The van der Waals surface area contributed by atoms with Crippen LogP contribution in [0, 0.1) is 11.5 Å². The van der Waals surface area contributed by atoms with E-state index in [1.807, 2.05) is 5.32 Å². The van der Waals surface area contributed by atoms with E-state index in [-0.39, 0.29) is 29.6 Å². The van der Waals surface area contributed by atoms with Crippen molar-refractivity contribution in [1.29, 1.82) is 5.26 Å². The molecule has 0 bridgehead atoms. The van der Waals surface area contributed by atoms with Crippen LogP contribution in [-0.4, -0.2) is 13.5 Å². The van der Waals surface area contributed by atoms with Crippen molar-refractivity contribution in [2.24, 2.45) is 0 Å². The van der Waals surface area contributed by atoms with Gasteiger partial charge < -0.3 is 15.2 Å². The van der Waals surface area contributed by atoms with Crippen molar-refractivity contribution in [3.8, 4) is 6.19 Å². The topological polar surface area (TPSA) is 68.1 Å². The zero-order chi connectivity index (χ0) is 5.70. The van der Waals surface area contributed by atoms with Crippen LogP contribution in [0.15, 0.2) is 0 Å². The van der Waals surface area contributed by atoms with Gasteiger partial charge in [-0.3, -0.25) is 0 Å². The Hall–Kier alpha value is 0.210. The summed E-state index contributed by atoms with van der Waals surface area (Å²) in [5.74, 6) is 0. The average molecular weight is 124 g/mol. The molecule has 0 saturated carbocycles. The van der Waals surface area contributed by atoms with Crippen molar-refractivity contribution < 1.29 is 39.4 Å². The fourth-order valence-electron chi connectivity index (χ4n) is 0.112. The number of nitriles is 1. The molecule has 5 heteroatoms. The van der Waals surface area contributed by atoms with Crippen LogP contribution in [0.2, 0.25) is 0 Å². The fraction of sp³-hybridized carbons (Fsp3) is 0.667. The molecular weight excluding hydrogens is 119 g/mol. The summed E-state index contributed by atoms with van der Waals surface area (Å²) in [6, 6.07) is 0. The molecule has 1 unspecified atom stereocenters. The SMILES string of the molecule is COC([O-])NC#N.[Na+]. The van der Waals surface area contributed by atoms with E-state index in [0.29, 0.717) is 0 Å². The number of rotatable bonds is 2. The first-order valence-electron chi connectivity index (χ1n) is 1.64. The van der Waals surface area contributed by atoms with Crippen LogP contribution in [-0.2, 0) is 4.74 Å². The van der Waals surface area contributed by atoms with Gasteiger partial charge in [-0.1, -0.05) is 0 Å². The molecule has 0 aliphatic rings. The average Bonchev–Trinajstić information content (AvgIpc) is 1.68. The molecule has 0 rings (SSSR count). The van der Waals surface area contributed by atoms with Gasteiger partial charge in [-0.25, -0.2) is 0 Å². The number of nitrogens with zero attached hydrogens (tertiary/aromatic N) is 1. The van der Waals surface area contributed by atoms with Gasteiger partial charge in [0.05, 0.1) is 6.41 Å². The van der Waals surface area contributed by atoms with Gasteiger partial charge in [-0.2, -0.15) is 5.26 Å². The molecule has 0 aromatic heterocycles. The summed E-state index contributed by atoms with van der Waals surface area (Å²) in [5.41, 5.74) is 0. The molecule has 0 aliphatic carbocycles. The van der Waals surface area contributed by atoms with Crippen molar-refractivity contribution in [2.45, 2.75) is 6.41 Å². The Morgan fingerprint density at radius 2 is 2.38 bits per heavy atom. The first-order valence-corrected chi connectivity index (χ1v) is 1.64. The van der Waals surface area contributed by atoms with Gasteiger partial charge in [0.2, 0.25) is 0 Å². The predicted molar refractivity (Wildman–Crippen MR) is 19.5 cm³/mol. The summed E-state index contributed by atoms with van der Waals surface area (Å²) in [4.78, 5) is 0. The Bertz CT molecular complexity index is 81.8. The summed E-state index contributed by atoms with van der Waals surface area (Å²) in [6.45, 7) is 0. The van der Waals surface area contributed by atoms with Crippen LogP contribution in [0.1, 0.15) is 0 Å². The van der Waals surface area contributed by atoms with Gasteiger partial charge in [-0.15, -0.1) is 0 Å². The Labute approximate surface area is 69.7 Å². The molecule has 0 aliphatic heterocycles. The summed E-state index contributed by atoms with van der Waals surface area (Å²) < 4.78 is 4.10. The Morgan fingerprint density at radius 1 is 1.88 bits per heavy atom. The summed E-state index contributed by atoms with van der Waals surface area (Å²) >= 11 is 0. The maximum atomic E-state index is 9.94. The molecule has 0 amide bonds. The summed E-state index contributed by atoms with van der Waals surface area (Å²) in [7, 11) is 1.22. The summed E-state index contributed by atoms with van der Waals surface area (Å²) in [5, 5.41) is 19.5. The van der Waals surface area contributed by atoms with E-state index in [9.17, 15) is 5.11 Å². The molecule has 0 aromatic carbocycles. The second-order valence-electron chi connectivity index (χ2n) is 0.824. The molecule has 1 atom stereocenters. The van der Waals surface area contributed by atoms with Crippen molar-refractivity contribution in [1.82, 2.24) is 5.32 Å². The first kappa shape index (κ1) is 11.1. The Morgan fingerprint density at radius 3 is 2.50 bits per heavy atom. The molecule has 0 spiro atoms. The Kier molecular flexibility index (Phi) is 9.97. The van der Waals surface area contributed by atoms with E-state index in [4.69, 9.17) is 5.26 Å². The van der Waals surface area contributed by atoms with Crippen LogP contribution in [0.5, 0.6) is 0 Å². The predicted octanol–water partition coefficient (Wildman–Crippen LogP) is -4.65. The van der Waals surface area contributed by atoms with E-state index in [1.165, 1.54) is 13.3 Å². The number of hydrogen-bond acceptors (Lipinski definition) is 4. The van der Waals surface area contributed by atoms with Gasteiger partial charge >= 0.3 is 29.6 Å². The van der Waals surface area contributed by atoms with Crippen LogP contribution in [0.25, 0.3) is 0 Å². The molecule has 4 nitrogen and oxygen atoms in total. The van der Waals surface area contributed by atoms with Crippen LogP contribution < -0.4 is 40.0 Å². The maximum Gasteiger partial charge on any atom is 1.00 e. The Balaban J connectivity index is 0. The monoisotopic (exact) mass is 124 g/mol. The zero-order valence-electron chi connectivity index (χ0n) is 4.84. The minimum atomic E-state index is -1.41. The molecule has 0 heterocycles. The van der Waals surface area contributed by atoms with Gasteiger partial charge in [0.15, 0.2) is 6.19 Å². The molecule has 40 valence electrons. The van der Waals surface area contributed by atoms with Gasteiger partial charge in [0, 0.05) is 7.11 Å². The minimum absolute atomic E-state index is 0. The normalized spacial score (nSPS) is 10.6. The van der Waals surface area contributed by atoms with Crippen LogP contribution >= 0.6 is 0 Å². The molecule has 0 aromatic rings. The largest absolute Gasteiger partial charge is 1.00 e. The molecule has 0 fully saturated rings. The second-order valence-corrected chi connectivity index (χ2v) is 0.824. The van der Waals surface area contributed by atoms with Crippen molar-refractivity contribution in [2.75, 3.05) is 7.11 Å². The van der Waals surface area contributed by atoms with Crippen LogP contribution in [0.4, 0.5) is 0 Å². The third-order valence-corrected chi connectivity index (χ3v) is 0.396. The fourth-order valence-corrected chi connectivity index (χ4v) is 0.112. The standard InChI is InChI=1S/C3H5N2O2.Na/c1-7-3(6)5-2-4;/h3,5H,1H3;/q-1;+1. The molecular formula is C3H5N2NaO2. The van der Waals surface area contributed by atoms with Crippen molar-refractivity contribution >= 4 is 0 Å². The van der Waals surface area contributed by atoms with Gasteiger partial charge in [0.25, 0.3) is 0 Å². The third kappa shape index (κ3) is 6.21. The first-order chi connectivity index (χ1) is 3.31. The number of methoxy groups -OCH3 is 1. The van der Waals surface area contributed by atoms with Gasteiger partial charge in [0.1, 0.15) is 0 Å². The minimum Gasteiger partial charge on any atom is -0.814 e. The number of hydrogen-bond donors (Lipinski definition) is 1.